The lowest BCUT2D eigenvalue weighted by atomic mass is 9.88. The number of nitrogens with one attached hydrogen (secondary N) is 2. The summed E-state index contributed by atoms with van der Waals surface area (Å²) >= 11 is 0. The molecule has 0 bridgehead atoms. The molecule has 5 nitrogen and oxygen atoms in total. The molecule has 3 aromatic rings. The van der Waals surface area contributed by atoms with Crippen molar-refractivity contribution in [1.82, 2.24) is 14.8 Å². The van der Waals surface area contributed by atoms with Gasteiger partial charge in [0.2, 0.25) is 0 Å². The number of benzene rings is 2. The van der Waals surface area contributed by atoms with E-state index in [0.717, 1.165) is 4.90 Å². The minimum Gasteiger partial charge on any atom is -0.434 e. The van der Waals surface area contributed by atoms with Gasteiger partial charge in [0.1, 0.15) is 17.7 Å². The highest BCUT2D eigenvalue weighted by molar-refractivity contribution is 5.86. The first-order chi connectivity index (χ1) is 19.4. The van der Waals surface area contributed by atoms with E-state index in [-0.39, 0.29) is 54.1 Å². The Balaban J connectivity index is 1.56. The van der Waals surface area contributed by atoms with E-state index in [1.165, 1.54) is 30.3 Å². The molecule has 0 radical (unpaired) electrons. The third-order valence-electron chi connectivity index (χ3n) is 7.76. The fourth-order valence-electron chi connectivity index (χ4n) is 6.04. The highest BCUT2D eigenvalue weighted by Gasteiger charge is 2.43. The van der Waals surface area contributed by atoms with Gasteiger partial charge in [0.15, 0.2) is 0 Å². The van der Waals surface area contributed by atoms with E-state index in [2.05, 4.69) is 10.3 Å². The molecule has 3 heterocycles. The van der Waals surface area contributed by atoms with Gasteiger partial charge in [-0.2, -0.15) is 22.0 Å². The van der Waals surface area contributed by atoms with Gasteiger partial charge in [-0.05, 0) is 37.5 Å². The fraction of sp³-hybridized carbons (Fsp3) is 0.500. The van der Waals surface area contributed by atoms with Gasteiger partial charge < -0.3 is 15.0 Å². The van der Waals surface area contributed by atoms with Crippen LogP contribution in [0.4, 0.5) is 40.8 Å². The van der Waals surface area contributed by atoms with Gasteiger partial charge in [0.05, 0.1) is 30.8 Å². The van der Waals surface area contributed by atoms with Crippen molar-refractivity contribution in [2.45, 2.75) is 56.9 Å². The second-order valence-corrected chi connectivity index (χ2v) is 10.6. The molecule has 1 saturated heterocycles. The molecule has 0 saturated carbocycles. The molecule has 5 rings (SSSR count). The Labute approximate surface area is 231 Å². The van der Waals surface area contributed by atoms with Gasteiger partial charge >= 0.3 is 12.8 Å². The number of rotatable bonds is 9. The van der Waals surface area contributed by atoms with E-state index in [0.29, 0.717) is 17.5 Å². The number of H-pyrrole nitrogens is 1. The second kappa shape index (κ2) is 11.7. The number of likely N-dealkylation sites (tertiary alicyclic amines) is 1. The third-order valence-corrected chi connectivity index (χ3v) is 7.76. The molecule has 0 amide bonds. The van der Waals surface area contributed by atoms with Crippen molar-refractivity contribution in [3.8, 4) is 5.75 Å². The predicted octanol–water partition coefficient (Wildman–Crippen LogP) is 6.60. The van der Waals surface area contributed by atoms with Crippen LogP contribution in [0.5, 0.6) is 5.75 Å². The summed E-state index contributed by atoms with van der Waals surface area (Å²) in [7, 11) is 0. The van der Waals surface area contributed by atoms with Crippen LogP contribution in [0.25, 0.3) is 10.9 Å². The summed E-state index contributed by atoms with van der Waals surface area (Å²) in [5.41, 5.74) is 1.23. The molecule has 41 heavy (non-hydrogen) atoms. The molecule has 2 aliphatic heterocycles. The normalized spacial score (nSPS) is 23.9. The average molecular weight is 591 g/mol. The molecule has 13 heteroatoms. The molecular weight excluding hydrogens is 560 g/mol. The number of fused-ring (bicyclic) bond motifs is 3. The van der Waals surface area contributed by atoms with Gasteiger partial charge in [-0.3, -0.25) is 14.2 Å². The van der Waals surface area contributed by atoms with Gasteiger partial charge in [-0.25, -0.2) is 8.78 Å². The number of hydrogen-bond donors (Lipinski definition) is 2. The maximum Gasteiger partial charge on any atom is 0.401 e. The number of para-hydroxylation sites is 1. The third kappa shape index (κ3) is 6.25. The number of aromatic amines is 1. The van der Waals surface area contributed by atoms with Gasteiger partial charge in [0.25, 0.3) is 0 Å². The zero-order valence-electron chi connectivity index (χ0n) is 22.1. The van der Waals surface area contributed by atoms with Crippen LogP contribution < -0.4 is 10.1 Å². The van der Waals surface area contributed by atoms with Crippen LogP contribution >= 0.6 is 0 Å². The summed E-state index contributed by atoms with van der Waals surface area (Å²) in [5, 5.41) is 3.47. The Morgan fingerprint density at radius 1 is 1.15 bits per heavy atom. The molecule has 1 unspecified atom stereocenters. The maximum atomic E-state index is 14.7. The van der Waals surface area contributed by atoms with Crippen LogP contribution in [0.15, 0.2) is 36.4 Å². The summed E-state index contributed by atoms with van der Waals surface area (Å²) < 4.78 is 115. The summed E-state index contributed by atoms with van der Waals surface area (Å²) in [6.07, 6.45) is -5.48. The van der Waals surface area contributed by atoms with E-state index in [1.54, 1.807) is 17.9 Å². The fourth-order valence-corrected chi connectivity index (χ4v) is 6.04. The molecule has 224 valence electrons. The van der Waals surface area contributed by atoms with E-state index in [9.17, 15) is 35.1 Å². The van der Waals surface area contributed by atoms with E-state index < -0.39 is 56.1 Å². The SMILES string of the molecule is C[C@@H]1Cc2c([nH]c3c(F)cccc23)C(c2ccc(N[C@H]3CN(CCCF)C[C@H]3F)cc2OC(F)F)N1CC(F)(F)F. The molecule has 2 aliphatic rings. The van der Waals surface area contributed by atoms with Crippen molar-refractivity contribution in [2.75, 3.05) is 38.2 Å². The van der Waals surface area contributed by atoms with Gasteiger partial charge in [0, 0.05) is 54.1 Å². The molecule has 4 atom stereocenters. The number of alkyl halides is 7. The van der Waals surface area contributed by atoms with Gasteiger partial charge in [-0.1, -0.05) is 18.2 Å². The first-order valence-electron chi connectivity index (χ1n) is 13.3. The molecule has 0 aliphatic carbocycles. The topological polar surface area (TPSA) is 43.5 Å². The molecule has 1 aromatic heterocycles. The highest BCUT2D eigenvalue weighted by Crippen LogP contribution is 2.45. The van der Waals surface area contributed by atoms with Crippen molar-refractivity contribution >= 4 is 16.6 Å². The largest absolute Gasteiger partial charge is 0.434 e. The summed E-state index contributed by atoms with van der Waals surface area (Å²) in [5.74, 6) is -0.976. The molecular formula is C28H30F8N4O. The van der Waals surface area contributed by atoms with Crippen LogP contribution in [0.1, 0.15) is 36.2 Å². The number of ether oxygens (including phenoxy) is 1. The second-order valence-electron chi connectivity index (χ2n) is 10.6. The maximum absolute atomic E-state index is 14.7. The number of anilines is 1. The first kappa shape index (κ1) is 29.4. The van der Waals surface area contributed by atoms with Crippen molar-refractivity contribution in [3.05, 3.63) is 59.0 Å². The number of aromatic nitrogens is 1. The van der Waals surface area contributed by atoms with Crippen molar-refractivity contribution < 1.29 is 39.9 Å². The number of halogens is 8. The van der Waals surface area contributed by atoms with Gasteiger partial charge in [-0.15, -0.1) is 0 Å². The highest BCUT2D eigenvalue weighted by atomic mass is 19.4. The van der Waals surface area contributed by atoms with Crippen LogP contribution in [0.3, 0.4) is 0 Å². The van der Waals surface area contributed by atoms with E-state index in [1.807, 2.05) is 0 Å². The number of hydrogen-bond acceptors (Lipinski definition) is 4. The van der Waals surface area contributed by atoms with Crippen LogP contribution in [-0.2, 0) is 6.42 Å². The average Bonchev–Trinajstić information content (AvgIpc) is 3.43. The minimum absolute atomic E-state index is 0.0210. The lowest BCUT2D eigenvalue weighted by Gasteiger charge is -2.41. The van der Waals surface area contributed by atoms with E-state index >= 15 is 0 Å². The Morgan fingerprint density at radius 2 is 1.93 bits per heavy atom. The van der Waals surface area contributed by atoms with Crippen molar-refractivity contribution in [1.29, 1.82) is 0 Å². The van der Waals surface area contributed by atoms with E-state index in [4.69, 9.17) is 4.74 Å². The zero-order chi connectivity index (χ0) is 29.5. The first-order valence-corrected chi connectivity index (χ1v) is 13.3. The van der Waals surface area contributed by atoms with Crippen LogP contribution in [-0.4, -0.2) is 78.7 Å². The van der Waals surface area contributed by atoms with Crippen molar-refractivity contribution in [2.24, 2.45) is 0 Å². The Morgan fingerprint density at radius 3 is 2.63 bits per heavy atom. The predicted molar refractivity (Wildman–Crippen MR) is 138 cm³/mol. The smallest absolute Gasteiger partial charge is 0.401 e. The quantitative estimate of drug-likeness (QED) is 0.276. The number of nitrogens with zero attached hydrogens (tertiary/aromatic N) is 2. The monoisotopic (exact) mass is 590 g/mol. The summed E-state index contributed by atoms with van der Waals surface area (Å²) in [6.45, 7) is -2.85. The Kier molecular flexibility index (Phi) is 8.38. The summed E-state index contributed by atoms with van der Waals surface area (Å²) in [6, 6.07) is 5.83. The minimum atomic E-state index is -4.61. The molecule has 0 spiro atoms. The summed E-state index contributed by atoms with van der Waals surface area (Å²) in [4.78, 5) is 5.81. The lowest BCUT2D eigenvalue weighted by molar-refractivity contribution is -0.155. The Hall–Kier alpha value is -3.06. The lowest BCUT2D eigenvalue weighted by Crippen LogP contribution is -2.47. The standard InChI is InChI=1S/C28H30F8N4O/c1-15-10-19-17-4-2-5-20(30)24(17)38-25(19)26(40(15)14-28(34,35)36)18-7-6-16(11-23(18)41-27(32)33)37-22-13-39(9-3-8-29)12-21(22)31/h2,4-7,11,15,21-22,26-27,37-38H,3,8-10,12-14H2,1H3/t15-,21-,22+,26?/m1/s1. The zero-order valence-corrected chi connectivity index (χ0v) is 22.1. The van der Waals surface area contributed by atoms with Crippen LogP contribution in [0.2, 0.25) is 0 Å². The van der Waals surface area contributed by atoms with Crippen LogP contribution in [0, 0.1) is 5.82 Å². The molecule has 2 N–H and O–H groups in total. The van der Waals surface area contributed by atoms with Crippen molar-refractivity contribution in [3.63, 3.8) is 0 Å². The molecule has 2 aromatic carbocycles. The Bertz CT molecular complexity index is 1360. The molecule has 1 fully saturated rings.